The average molecular weight is 238 g/mol. The normalized spacial score (nSPS) is 14.8. The van der Waals surface area contributed by atoms with Crippen molar-refractivity contribution in [3.8, 4) is 0 Å². The van der Waals surface area contributed by atoms with Crippen molar-refractivity contribution in [2.75, 3.05) is 45.3 Å². The van der Waals surface area contributed by atoms with Crippen LogP contribution in [-0.4, -0.2) is 56.7 Å². The van der Waals surface area contributed by atoms with Gasteiger partial charge in [-0.1, -0.05) is 0 Å². The summed E-state index contributed by atoms with van der Waals surface area (Å²) in [6, 6.07) is 0. The molecule has 1 saturated heterocycles. The third-order valence-corrected chi connectivity index (χ3v) is 2.19. The zero-order valence-electron chi connectivity index (χ0n) is 10.2. The van der Waals surface area contributed by atoms with Crippen LogP contribution in [0, 0.1) is 0 Å². The summed E-state index contributed by atoms with van der Waals surface area (Å²) in [5.74, 6) is 0.706. The summed E-state index contributed by atoms with van der Waals surface area (Å²) in [5.41, 5.74) is 0.517. The van der Waals surface area contributed by atoms with Crippen molar-refractivity contribution >= 4 is 12.2 Å². The fraction of sp³-hybridized carbons (Fsp3) is 0.545. The molecular formula is C11H18N4O2. The number of aldehydes is 1. The summed E-state index contributed by atoms with van der Waals surface area (Å²) >= 11 is 0. The molecule has 1 aromatic heterocycles. The van der Waals surface area contributed by atoms with Crippen molar-refractivity contribution in [1.82, 2.24) is 15.3 Å². The predicted octanol–water partition coefficient (Wildman–Crippen LogP) is -0.0387. The molecule has 0 bridgehead atoms. The fourth-order valence-electron chi connectivity index (χ4n) is 1.42. The van der Waals surface area contributed by atoms with Gasteiger partial charge in [-0.2, -0.15) is 0 Å². The molecule has 1 fully saturated rings. The molecule has 1 aliphatic heterocycles. The summed E-state index contributed by atoms with van der Waals surface area (Å²) in [6.45, 7) is 3.75. The number of carbonyl (C=O) groups is 1. The Balaban J connectivity index is 0.000000437. The van der Waals surface area contributed by atoms with Gasteiger partial charge in [0.15, 0.2) is 6.29 Å². The first-order valence-electron chi connectivity index (χ1n) is 5.45. The van der Waals surface area contributed by atoms with Crippen LogP contribution in [-0.2, 0) is 4.74 Å². The van der Waals surface area contributed by atoms with Crippen LogP contribution in [0.15, 0.2) is 12.4 Å². The van der Waals surface area contributed by atoms with E-state index in [-0.39, 0.29) is 0 Å². The number of ether oxygens (including phenoxy) is 1. The molecule has 0 aromatic carbocycles. The average Bonchev–Trinajstić information content (AvgIpc) is 2.41. The quantitative estimate of drug-likeness (QED) is 0.729. The standard InChI is InChI=1S/C9H12N4O.C2H6O/c14-7-8-5-11-9(12-6-8)13-3-1-10-2-4-13;1-3-2/h5-7,10H,1-4H2;1-2H3. The van der Waals surface area contributed by atoms with Gasteiger partial charge in [0, 0.05) is 52.8 Å². The Morgan fingerprint density at radius 3 is 2.29 bits per heavy atom. The number of anilines is 1. The van der Waals surface area contributed by atoms with E-state index >= 15 is 0 Å². The highest BCUT2D eigenvalue weighted by atomic mass is 16.4. The third-order valence-electron chi connectivity index (χ3n) is 2.19. The van der Waals surface area contributed by atoms with Crippen LogP contribution in [0.5, 0.6) is 0 Å². The molecule has 0 amide bonds. The number of hydrogen-bond donors (Lipinski definition) is 1. The highest BCUT2D eigenvalue weighted by molar-refractivity contribution is 5.73. The molecular weight excluding hydrogens is 220 g/mol. The molecule has 0 atom stereocenters. The number of piperazine rings is 1. The number of carbonyl (C=O) groups excluding carboxylic acids is 1. The number of rotatable bonds is 2. The molecule has 1 aromatic rings. The molecule has 0 aliphatic carbocycles. The minimum Gasteiger partial charge on any atom is -0.388 e. The minimum atomic E-state index is 0.517. The van der Waals surface area contributed by atoms with E-state index in [0.29, 0.717) is 11.5 Å². The second-order valence-corrected chi connectivity index (χ2v) is 3.58. The Morgan fingerprint density at radius 2 is 1.82 bits per heavy atom. The van der Waals surface area contributed by atoms with Crippen molar-refractivity contribution in [3.05, 3.63) is 18.0 Å². The lowest BCUT2D eigenvalue weighted by molar-refractivity contribution is 0.112. The van der Waals surface area contributed by atoms with E-state index < -0.39 is 0 Å². The SMILES string of the molecule is COC.O=Cc1cnc(N2CCNCC2)nc1. The molecule has 0 radical (unpaired) electrons. The second kappa shape index (κ2) is 7.70. The van der Waals surface area contributed by atoms with Gasteiger partial charge >= 0.3 is 0 Å². The Bertz CT molecular complexity index is 323. The van der Waals surface area contributed by atoms with E-state index in [0.717, 1.165) is 32.5 Å². The zero-order valence-corrected chi connectivity index (χ0v) is 10.2. The number of nitrogens with one attached hydrogen (secondary N) is 1. The molecule has 0 unspecified atom stereocenters. The molecule has 2 rings (SSSR count). The van der Waals surface area contributed by atoms with Crippen LogP contribution < -0.4 is 10.2 Å². The predicted molar refractivity (Wildman–Crippen MR) is 65.4 cm³/mol. The second-order valence-electron chi connectivity index (χ2n) is 3.58. The first kappa shape index (κ1) is 13.5. The van der Waals surface area contributed by atoms with Crippen LogP contribution in [0.1, 0.15) is 10.4 Å². The van der Waals surface area contributed by atoms with Crippen LogP contribution >= 0.6 is 0 Å². The minimum absolute atomic E-state index is 0.517. The van der Waals surface area contributed by atoms with Gasteiger partial charge in [-0.25, -0.2) is 9.97 Å². The van der Waals surface area contributed by atoms with Gasteiger partial charge in [0.1, 0.15) is 0 Å². The van der Waals surface area contributed by atoms with Gasteiger partial charge in [0.2, 0.25) is 5.95 Å². The summed E-state index contributed by atoms with van der Waals surface area (Å²) in [6.07, 6.45) is 3.86. The van der Waals surface area contributed by atoms with E-state index in [1.54, 1.807) is 26.6 Å². The van der Waals surface area contributed by atoms with Crippen LogP contribution in [0.3, 0.4) is 0 Å². The molecule has 1 N–H and O–H groups in total. The lowest BCUT2D eigenvalue weighted by Gasteiger charge is -2.27. The molecule has 0 saturated carbocycles. The zero-order chi connectivity index (χ0) is 12.5. The third kappa shape index (κ3) is 4.46. The van der Waals surface area contributed by atoms with E-state index in [4.69, 9.17) is 0 Å². The smallest absolute Gasteiger partial charge is 0.225 e. The van der Waals surface area contributed by atoms with Gasteiger partial charge in [-0.15, -0.1) is 0 Å². The monoisotopic (exact) mass is 238 g/mol. The van der Waals surface area contributed by atoms with E-state index in [2.05, 4.69) is 24.9 Å². The van der Waals surface area contributed by atoms with E-state index in [9.17, 15) is 4.79 Å². The molecule has 94 valence electrons. The molecule has 1 aliphatic rings. The van der Waals surface area contributed by atoms with Crippen molar-refractivity contribution in [2.24, 2.45) is 0 Å². The number of methoxy groups -OCH3 is 1. The Morgan fingerprint density at radius 1 is 1.29 bits per heavy atom. The Labute approximate surface area is 101 Å². The number of nitrogens with zero attached hydrogens (tertiary/aromatic N) is 3. The molecule has 0 spiro atoms. The summed E-state index contributed by atoms with van der Waals surface area (Å²) < 4.78 is 4.25. The van der Waals surface area contributed by atoms with Crippen LogP contribution in [0.4, 0.5) is 5.95 Å². The van der Waals surface area contributed by atoms with E-state index in [1.807, 2.05) is 0 Å². The maximum absolute atomic E-state index is 10.4. The molecule has 17 heavy (non-hydrogen) atoms. The van der Waals surface area contributed by atoms with Crippen molar-refractivity contribution in [3.63, 3.8) is 0 Å². The highest BCUT2D eigenvalue weighted by Crippen LogP contribution is 2.06. The first-order chi connectivity index (χ1) is 8.31. The van der Waals surface area contributed by atoms with Crippen molar-refractivity contribution in [1.29, 1.82) is 0 Å². The Hall–Kier alpha value is -1.53. The first-order valence-corrected chi connectivity index (χ1v) is 5.45. The van der Waals surface area contributed by atoms with Crippen LogP contribution in [0.2, 0.25) is 0 Å². The summed E-state index contributed by atoms with van der Waals surface area (Å²) in [7, 11) is 3.25. The van der Waals surface area contributed by atoms with E-state index in [1.165, 1.54) is 0 Å². The fourth-order valence-corrected chi connectivity index (χ4v) is 1.42. The van der Waals surface area contributed by atoms with Gasteiger partial charge < -0.3 is 15.0 Å². The summed E-state index contributed by atoms with van der Waals surface area (Å²) in [4.78, 5) is 20.8. The maximum atomic E-state index is 10.4. The topological polar surface area (TPSA) is 67.3 Å². The molecule has 2 heterocycles. The molecule has 6 heteroatoms. The Kier molecular flexibility index (Phi) is 6.13. The van der Waals surface area contributed by atoms with Crippen molar-refractivity contribution in [2.45, 2.75) is 0 Å². The van der Waals surface area contributed by atoms with Gasteiger partial charge in [0.25, 0.3) is 0 Å². The van der Waals surface area contributed by atoms with Crippen molar-refractivity contribution < 1.29 is 9.53 Å². The lowest BCUT2D eigenvalue weighted by atomic mass is 10.3. The maximum Gasteiger partial charge on any atom is 0.225 e. The van der Waals surface area contributed by atoms with Gasteiger partial charge in [-0.05, 0) is 0 Å². The number of aromatic nitrogens is 2. The molecule has 6 nitrogen and oxygen atoms in total. The van der Waals surface area contributed by atoms with Crippen LogP contribution in [0.25, 0.3) is 0 Å². The lowest BCUT2D eigenvalue weighted by Crippen LogP contribution is -2.44. The van der Waals surface area contributed by atoms with Gasteiger partial charge in [-0.3, -0.25) is 4.79 Å². The highest BCUT2D eigenvalue weighted by Gasteiger charge is 2.12. The largest absolute Gasteiger partial charge is 0.388 e. The summed E-state index contributed by atoms with van der Waals surface area (Å²) in [5, 5.41) is 3.25. The number of hydrogen-bond acceptors (Lipinski definition) is 6. The van der Waals surface area contributed by atoms with Gasteiger partial charge in [0.05, 0.1) is 5.56 Å².